The number of carbonyl (C=O) groups is 2. The number of ketones is 1. The molecule has 1 aliphatic heterocycles. The van der Waals surface area contributed by atoms with E-state index >= 15 is 0 Å². The molecule has 6 heteroatoms. The molecule has 0 saturated carbocycles. The number of likely N-dealkylation sites (N-methyl/N-ethyl adjacent to an activating group) is 1. The predicted octanol–water partition coefficient (Wildman–Crippen LogP) is 5.17. The van der Waals surface area contributed by atoms with Gasteiger partial charge in [-0.25, -0.2) is 0 Å². The van der Waals surface area contributed by atoms with Crippen LogP contribution >= 0.6 is 11.6 Å². The molecule has 0 amide bonds. The van der Waals surface area contributed by atoms with Crippen LogP contribution in [0, 0.1) is 5.92 Å². The summed E-state index contributed by atoms with van der Waals surface area (Å²) in [4.78, 5) is 27.6. The molecular weight excluding hydrogens is 436 g/mol. The van der Waals surface area contributed by atoms with Crippen LogP contribution in [0.5, 0.6) is 0 Å². The van der Waals surface area contributed by atoms with E-state index < -0.39 is 5.92 Å². The molecule has 33 heavy (non-hydrogen) atoms. The Bertz CT molecular complexity index is 1270. The number of benzene rings is 2. The summed E-state index contributed by atoms with van der Waals surface area (Å²) in [6.45, 7) is 4.69. The molecule has 0 saturated heterocycles. The van der Waals surface area contributed by atoms with Gasteiger partial charge in [-0.2, -0.15) is 0 Å². The van der Waals surface area contributed by atoms with E-state index in [0.717, 1.165) is 6.42 Å². The maximum atomic E-state index is 12.9. The minimum absolute atomic E-state index is 0.228. The fraction of sp³-hybridized carbons (Fsp3) is 0.333. The Morgan fingerprint density at radius 1 is 1.15 bits per heavy atom. The van der Waals surface area contributed by atoms with Crippen LogP contribution in [0.3, 0.4) is 0 Å². The van der Waals surface area contributed by atoms with Gasteiger partial charge in [-0.15, -0.1) is 0 Å². The van der Waals surface area contributed by atoms with E-state index in [1.54, 1.807) is 24.3 Å². The van der Waals surface area contributed by atoms with Crippen LogP contribution < -0.4 is 0 Å². The van der Waals surface area contributed by atoms with Gasteiger partial charge < -0.3 is 9.30 Å². The van der Waals surface area contributed by atoms with E-state index in [4.69, 9.17) is 16.3 Å². The first kappa shape index (κ1) is 21.9. The molecule has 3 aromatic rings. The summed E-state index contributed by atoms with van der Waals surface area (Å²) in [5.41, 5.74) is 5.44. The van der Waals surface area contributed by atoms with Gasteiger partial charge in [0.05, 0.1) is 5.92 Å². The van der Waals surface area contributed by atoms with Crippen LogP contribution in [-0.4, -0.2) is 47.5 Å². The highest BCUT2D eigenvalue weighted by Crippen LogP contribution is 2.42. The molecule has 0 spiro atoms. The predicted molar refractivity (Wildman–Crippen MR) is 131 cm³/mol. The largest absolute Gasteiger partial charge is 0.457 e. The van der Waals surface area contributed by atoms with E-state index in [1.165, 1.54) is 27.6 Å². The SMILES string of the molecule is CC(C)n1cc2c3c(cccc31)C1=C[C@@H](C(=O)OCC(=O)c3ccc(Cl)cc3)CN(C)[C@@H]1C2. The third kappa shape index (κ3) is 3.90. The highest BCUT2D eigenvalue weighted by Gasteiger charge is 2.36. The first-order valence-corrected chi connectivity index (χ1v) is 11.7. The Labute approximate surface area is 198 Å². The van der Waals surface area contributed by atoms with Crippen LogP contribution in [0.4, 0.5) is 0 Å². The fourth-order valence-corrected chi connectivity index (χ4v) is 5.25. The molecule has 5 nitrogen and oxygen atoms in total. The topological polar surface area (TPSA) is 51.5 Å². The third-order valence-electron chi connectivity index (χ3n) is 6.79. The average molecular weight is 463 g/mol. The zero-order valence-corrected chi connectivity index (χ0v) is 19.8. The molecule has 1 aromatic heterocycles. The molecule has 0 fully saturated rings. The number of ether oxygens (including phenoxy) is 1. The van der Waals surface area contributed by atoms with Crippen LogP contribution in [0.15, 0.2) is 54.7 Å². The van der Waals surface area contributed by atoms with Crippen molar-refractivity contribution in [3.8, 4) is 0 Å². The Hall–Kier alpha value is -2.89. The molecule has 0 bridgehead atoms. The van der Waals surface area contributed by atoms with E-state index in [0.29, 0.717) is 23.2 Å². The average Bonchev–Trinajstić information content (AvgIpc) is 3.18. The summed E-state index contributed by atoms with van der Waals surface area (Å²) in [7, 11) is 2.06. The number of aromatic nitrogens is 1. The van der Waals surface area contributed by atoms with E-state index in [2.05, 4.69) is 60.8 Å². The standard InChI is InChI=1S/C27H27ClN2O3/c1-16(2)30-14-18-12-24-22(21-5-4-6-23(30)26(18)21)11-19(13-29(24)3)27(32)33-15-25(31)17-7-9-20(28)10-8-17/h4-11,14,16,19,24H,12-13,15H2,1-3H3/t19-,24-/m1/s1. The second kappa shape index (κ2) is 8.47. The van der Waals surface area contributed by atoms with Crippen molar-refractivity contribution in [3.63, 3.8) is 0 Å². The third-order valence-corrected chi connectivity index (χ3v) is 7.04. The highest BCUT2D eigenvalue weighted by molar-refractivity contribution is 6.30. The molecule has 5 rings (SSSR count). The molecule has 0 N–H and O–H groups in total. The Balaban J connectivity index is 1.40. The van der Waals surface area contributed by atoms with E-state index in [-0.39, 0.29) is 24.4 Å². The van der Waals surface area contributed by atoms with Crippen LogP contribution in [0.2, 0.25) is 5.02 Å². The van der Waals surface area contributed by atoms with Gasteiger partial charge in [0, 0.05) is 46.3 Å². The lowest BCUT2D eigenvalue weighted by Crippen LogP contribution is -2.44. The van der Waals surface area contributed by atoms with Gasteiger partial charge in [0.1, 0.15) is 0 Å². The van der Waals surface area contributed by atoms with Crippen LogP contribution in [0.1, 0.15) is 41.4 Å². The first-order valence-electron chi connectivity index (χ1n) is 11.3. The summed E-state index contributed by atoms with van der Waals surface area (Å²) < 4.78 is 7.77. The van der Waals surface area contributed by atoms with Crippen molar-refractivity contribution in [2.45, 2.75) is 32.4 Å². The number of rotatable bonds is 5. The molecule has 2 heterocycles. The molecule has 1 aliphatic carbocycles. The van der Waals surface area contributed by atoms with Gasteiger partial charge in [0.2, 0.25) is 0 Å². The zero-order valence-electron chi connectivity index (χ0n) is 19.0. The Morgan fingerprint density at radius 2 is 1.91 bits per heavy atom. The smallest absolute Gasteiger partial charge is 0.314 e. The lowest BCUT2D eigenvalue weighted by Gasteiger charge is -2.39. The van der Waals surface area contributed by atoms with Crippen molar-refractivity contribution < 1.29 is 14.3 Å². The molecule has 0 radical (unpaired) electrons. The number of esters is 1. The molecule has 2 aromatic carbocycles. The van der Waals surface area contributed by atoms with Crippen molar-refractivity contribution >= 4 is 39.8 Å². The lowest BCUT2D eigenvalue weighted by molar-refractivity contribution is -0.146. The monoisotopic (exact) mass is 462 g/mol. The molecule has 2 atom stereocenters. The number of fused-ring (bicyclic) bond motifs is 2. The Morgan fingerprint density at radius 3 is 2.64 bits per heavy atom. The van der Waals surface area contributed by atoms with Gasteiger partial charge >= 0.3 is 5.97 Å². The maximum Gasteiger partial charge on any atom is 0.314 e. The second-order valence-corrected chi connectivity index (χ2v) is 9.72. The van der Waals surface area contributed by atoms with Crippen LogP contribution in [-0.2, 0) is 16.0 Å². The quantitative estimate of drug-likeness (QED) is 0.387. The van der Waals surface area contributed by atoms with E-state index in [9.17, 15) is 9.59 Å². The molecule has 2 aliphatic rings. The number of hydrogen-bond donors (Lipinski definition) is 0. The summed E-state index contributed by atoms with van der Waals surface area (Å²) in [6.07, 6.45) is 5.27. The van der Waals surface area contributed by atoms with Crippen molar-refractivity contribution in [3.05, 3.63) is 76.5 Å². The minimum Gasteiger partial charge on any atom is -0.457 e. The number of hydrogen-bond acceptors (Lipinski definition) is 4. The zero-order chi connectivity index (χ0) is 23.3. The summed E-state index contributed by atoms with van der Waals surface area (Å²) in [5, 5.41) is 1.85. The van der Waals surface area contributed by atoms with E-state index in [1.807, 2.05) is 0 Å². The number of carbonyl (C=O) groups excluding carboxylic acids is 2. The molecular formula is C27H27ClN2O3. The van der Waals surface area contributed by atoms with Crippen molar-refractivity contribution in [1.82, 2.24) is 9.47 Å². The number of nitrogens with zero attached hydrogens (tertiary/aromatic N) is 2. The number of halogens is 1. The van der Waals surface area contributed by atoms with Crippen LogP contribution in [0.25, 0.3) is 16.5 Å². The Kier molecular flexibility index (Phi) is 5.63. The van der Waals surface area contributed by atoms with Gasteiger partial charge in [-0.3, -0.25) is 14.5 Å². The summed E-state index contributed by atoms with van der Waals surface area (Å²) >= 11 is 5.88. The normalized spacial score (nSPS) is 20.0. The first-order chi connectivity index (χ1) is 15.8. The molecule has 170 valence electrons. The van der Waals surface area contributed by atoms with Crippen molar-refractivity contribution in [2.24, 2.45) is 5.92 Å². The minimum atomic E-state index is -0.414. The van der Waals surface area contributed by atoms with Gasteiger partial charge in [0.25, 0.3) is 0 Å². The van der Waals surface area contributed by atoms with Gasteiger partial charge in [0.15, 0.2) is 12.4 Å². The van der Waals surface area contributed by atoms with Crippen molar-refractivity contribution in [2.75, 3.05) is 20.2 Å². The van der Waals surface area contributed by atoms with Crippen molar-refractivity contribution in [1.29, 1.82) is 0 Å². The molecule has 0 unspecified atom stereocenters. The fourth-order valence-electron chi connectivity index (χ4n) is 5.12. The summed E-state index contributed by atoms with van der Waals surface area (Å²) in [5.74, 6) is -1.02. The highest BCUT2D eigenvalue weighted by atomic mass is 35.5. The maximum absolute atomic E-state index is 12.9. The number of Topliss-reactive ketones (excluding diaryl/α,β-unsaturated/α-hetero) is 1. The second-order valence-electron chi connectivity index (χ2n) is 9.28. The summed E-state index contributed by atoms with van der Waals surface area (Å²) in [6, 6.07) is 13.6. The lowest BCUT2D eigenvalue weighted by atomic mass is 9.80. The van der Waals surface area contributed by atoms with Gasteiger partial charge in [-0.05, 0) is 74.3 Å². The van der Waals surface area contributed by atoms with Gasteiger partial charge in [-0.1, -0.05) is 29.8 Å².